The monoisotopic (exact) mass is 340 g/mol. The average molecular weight is 340 g/mol. The molecule has 5 heteroatoms. The molecule has 0 unspecified atom stereocenters. The maximum atomic E-state index is 12.1. The molecule has 0 bridgehead atoms. The summed E-state index contributed by atoms with van der Waals surface area (Å²) in [4.78, 5) is 23.9. The van der Waals surface area contributed by atoms with Crippen LogP contribution in [0.15, 0.2) is 48.5 Å². The molecule has 2 aromatic carbocycles. The number of anilines is 1. The van der Waals surface area contributed by atoms with Crippen LogP contribution < -0.4 is 10.6 Å². The van der Waals surface area contributed by atoms with Crippen LogP contribution in [0.3, 0.4) is 0 Å². The number of hydrogen-bond donors (Lipinski definition) is 2. The molecule has 2 amide bonds. The van der Waals surface area contributed by atoms with Gasteiger partial charge in [-0.1, -0.05) is 42.0 Å². The van der Waals surface area contributed by atoms with Gasteiger partial charge in [0.1, 0.15) is 0 Å². The summed E-state index contributed by atoms with van der Waals surface area (Å²) < 4.78 is 4.89. The van der Waals surface area contributed by atoms with Crippen molar-refractivity contribution in [1.29, 1.82) is 0 Å². The van der Waals surface area contributed by atoms with Gasteiger partial charge in [0.05, 0.1) is 19.4 Å². The third-order valence-corrected chi connectivity index (χ3v) is 3.68. The first kappa shape index (κ1) is 18.7. The molecule has 0 aromatic heterocycles. The number of ether oxygens (including phenoxy) is 1. The van der Waals surface area contributed by atoms with E-state index >= 15 is 0 Å². The van der Waals surface area contributed by atoms with Crippen LogP contribution in [-0.4, -0.2) is 32.1 Å². The van der Waals surface area contributed by atoms with E-state index in [4.69, 9.17) is 4.74 Å². The standard InChI is InChI=1S/C20H24N2O3/c1-15-4-3-5-17(12-15)14-20(24)22-18-8-6-16(7-9-18)13-19(23)21-10-11-25-2/h3-9,12H,10-11,13-14H2,1-2H3,(H,21,23)(H,22,24). The minimum atomic E-state index is -0.0596. The second kappa shape index (κ2) is 9.59. The normalized spacial score (nSPS) is 10.3. The molecule has 132 valence electrons. The predicted molar refractivity (Wildman–Crippen MR) is 98.5 cm³/mol. The number of carbonyl (C=O) groups excluding carboxylic acids is 2. The molecule has 0 radical (unpaired) electrons. The van der Waals surface area contributed by atoms with Crippen molar-refractivity contribution >= 4 is 17.5 Å². The van der Waals surface area contributed by atoms with Gasteiger partial charge < -0.3 is 15.4 Å². The number of carbonyl (C=O) groups is 2. The maximum absolute atomic E-state index is 12.1. The molecule has 0 spiro atoms. The van der Waals surface area contributed by atoms with Crippen LogP contribution in [0.25, 0.3) is 0 Å². The van der Waals surface area contributed by atoms with Crippen molar-refractivity contribution in [3.63, 3.8) is 0 Å². The zero-order valence-electron chi connectivity index (χ0n) is 14.7. The summed E-state index contributed by atoms with van der Waals surface area (Å²) in [6, 6.07) is 15.2. The molecule has 5 nitrogen and oxygen atoms in total. The fraction of sp³-hybridized carbons (Fsp3) is 0.300. The van der Waals surface area contributed by atoms with Crippen LogP contribution in [0.2, 0.25) is 0 Å². The van der Waals surface area contributed by atoms with Gasteiger partial charge in [0.15, 0.2) is 0 Å². The van der Waals surface area contributed by atoms with Crippen molar-refractivity contribution < 1.29 is 14.3 Å². The quantitative estimate of drug-likeness (QED) is 0.726. The van der Waals surface area contributed by atoms with Crippen molar-refractivity contribution in [2.45, 2.75) is 19.8 Å². The van der Waals surface area contributed by atoms with Gasteiger partial charge >= 0.3 is 0 Å². The number of aryl methyl sites for hydroxylation is 1. The Bertz CT molecular complexity index is 711. The fourth-order valence-electron chi connectivity index (χ4n) is 2.46. The highest BCUT2D eigenvalue weighted by Gasteiger charge is 2.06. The second-order valence-corrected chi connectivity index (χ2v) is 5.93. The summed E-state index contributed by atoms with van der Waals surface area (Å²) in [7, 11) is 1.60. The fourth-order valence-corrected chi connectivity index (χ4v) is 2.46. The van der Waals surface area contributed by atoms with E-state index in [0.717, 1.165) is 22.4 Å². The van der Waals surface area contributed by atoms with Gasteiger partial charge in [-0.15, -0.1) is 0 Å². The summed E-state index contributed by atoms with van der Waals surface area (Å²) in [5, 5.41) is 5.65. The van der Waals surface area contributed by atoms with E-state index in [1.165, 1.54) is 0 Å². The van der Waals surface area contributed by atoms with Crippen LogP contribution in [0.1, 0.15) is 16.7 Å². The van der Waals surface area contributed by atoms with Gasteiger partial charge in [-0.25, -0.2) is 0 Å². The zero-order chi connectivity index (χ0) is 18.1. The van der Waals surface area contributed by atoms with Crippen LogP contribution in [0, 0.1) is 6.92 Å². The molecule has 2 rings (SSSR count). The molecular weight excluding hydrogens is 316 g/mol. The summed E-state index contributed by atoms with van der Waals surface area (Å²) >= 11 is 0. The van der Waals surface area contributed by atoms with Crippen molar-refractivity contribution in [3.05, 3.63) is 65.2 Å². The Hall–Kier alpha value is -2.66. The van der Waals surface area contributed by atoms with Crippen molar-refractivity contribution in [2.24, 2.45) is 0 Å². The van der Waals surface area contributed by atoms with E-state index in [1.807, 2.05) is 55.5 Å². The third kappa shape index (κ3) is 6.77. The zero-order valence-corrected chi connectivity index (χ0v) is 14.7. The highest BCUT2D eigenvalue weighted by molar-refractivity contribution is 5.92. The molecule has 25 heavy (non-hydrogen) atoms. The number of rotatable bonds is 8. The van der Waals surface area contributed by atoms with E-state index < -0.39 is 0 Å². The average Bonchev–Trinajstić information content (AvgIpc) is 2.57. The SMILES string of the molecule is COCCNC(=O)Cc1ccc(NC(=O)Cc2cccc(C)c2)cc1. The highest BCUT2D eigenvalue weighted by Crippen LogP contribution is 2.11. The van der Waals surface area contributed by atoms with Gasteiger partial charge in [0.25, 0.3) is 0 Å². The van der Waals surface area contributed by atoms with E-state index in [-0.39, 0.29) is 11.8 Å². The molecule has 0 saturated heterocycles. The Morgan fingerprint density at radius 2 is 1.68 bits per heavy atom. The lowest BCUT2D eigenvalue weighted by atomic mass is 10.1. The largest absolute Gasteiger partial charge is 0.383 e. The van der Waals surface area contributed by atoms with Gasteiger partial charge in [0.2, 0.25) is 11.8 Å². The number of benzene rings is 2. The molecular formula is C20H24N2O3. The first-order valence-electron chi connectivity index (χ1n) is 8.27. The van der Waals surface area contributed by atoms with Crippen molar-refractivity contribution in [2.75, 3.05) is 25.6 Å². The summed E-state index contributed by atoms with van der Waals surface area (Å²) in [5.74, 6) is -0.107. The smallest absolute Gasteiger partial charge is 0.228 e. The Kier molecular flexibility index (Phi) is 7.16. The van der Waals surface area contributed by atoms with Crippen molar-refractivity contribution in [1.82, 2.24) is 5.32 Å². The number of hydrogen-bond acceptors (Lipinski definition) is 3. The minimum Gasteiger partial charge on any atom is -0.383 e. The van der Waals surface area contributed by atoms with E-state index in [9.17, 15) is 9.59 Å². The summed E-state index contributed by atoms with van der Waals surface area (Å²) in [6.45, 7) is 3.01. The van der Waals surface area contributed by atoms with Gasteiger partial charge in [-0.05, 0) is 30.2 Å². The van der Waals surface area contributed by atoms with Gasteiger partial charge in [0, 0.05) is 19.3 Å². The van der Waals surface area contributed by atoms with Crippen LogP contribution in [0.4, 0.5) is 5.69 Å². The summed E-state index contributed by atoms with van der Waals surface area (Å²) in [6.07, 6.45) is 0.645. The molecule has 2 N–H and O–H groups in total. The predicted octanol–water partition coefficient (Wildman–Crippen LogP) is 2.48. The van der Waals surface area contributed by atoms with Crippen molar-refractivity contribution in [3.8, 4) is 0 Å². The Balaban J connectivity index is 1.83. The molecule has 2 aromatic rings. The lowest BCUT2D eigenvalue weighted by Gasteiger charge is -2.08. The van der Waals surface area contributed by atoms with E-state index in [0.29, 0.717) is 26.0 Å². The highest BCUT2D eigenvalue weighted by atomic mass is 16.5. The minimum absolute atomic E-state index is 0.0479. The molecule has 0 atom stereocenters. The Labute approximate surface area is 148 Å². The molecule has 0 saturated carbocycles. The summed E-state index contributed by atoms with van der Waals surface area (Å²) in [5.41, 5.74) is 3.74. The maximum Gasteiger partial charge on any atom is 0.228 e. The number of amides is 2. The van der Waals surface area contributed by atoms with E-state index in [2.05, 4.69) is 10.6 Å². The second-order valence-electron chi connectivity index (χ2n) is 5.93. The first-order valence-corrected chi connectivity index (χ1v) is 8.27. The molecule has 0 aliphatic carbocycles. The van der Waals surface area contributed by atoms with Crippen LogP contribution >= 0.6 is 0 Å². The Morgan fingerprint density at radius 3 is 2.36 bits per heavy atom. The lowest BCUT2D eigenvalue weighted by molar-refractivity contribution is -0.120. The van der Waals surface area contributed by atoms with Crippen LogP contribution in [-0.2, 0) is 27.2 Å². The van der Waals surface area contributed by atoms with E-state index in [1.54, 1.807) is 7.11 Å². The molecule has 0 fully saturated rings. The third-order valence-electron chi connectivity index (χ3n) is 3.68. The van der Waals surface area contributed by atoms with Crippen LogP contribution in [0.5, 0.6) is 0 Å². The number of nitrogens with one attached hydrogen (secondary N) is 2. The lowest BCUT2D eigenvalue weighted by Crippen LogP contribution is -2.28. The van der Waals surface area contributed by atoms with Gasteiger partial charge in [-0.2, -0.15) is 0 Å². The molecule has 0 aliphatic rings. The molecule has 0 aliphatic heterocycles. The first-order chi connectivity index (χ1) is 12.1. The topological polar surface area (TPSA) is 67.4 Å². The molecule has 0 heterocycles. The number of methoxy groups -OCH3 is 1. The van der Waals surface area contributed by atoms with Gasteiger partial charge in [-0.3, -0.25) is 9.59 Å². The Morgan fingerprint density at radius 1 is 0.960 bits per heavy atom.